The van der Waals surface area contributed by atoms with Crippen molar-refractivity contribution in [3.8, 4) is 0 Å². The van der Waals surface area contributed by atoms with E-state index >= 15 is 0 Å². The van der Waals surface area contributed by atoms with Gasteiger partial charge in [0, 0.05) is 43.5 Å². The molecule has 0 saturated carbocycles. The van der Waals surface area contributed by atoms with Crippen LogP contribution >= 0.6 is 11.8 Å². The van der Waals surface area contributed by atoms with Gasteiger partial charge in [0.2, 0.25) is 5.91 Å². The van der Waals surface area contributed by atoms with Crippen LogP contribution in [0, 0.1) is 5.92 Å². The van der Waals surface area contributed by atoms with E-state index in [4.69, 9.17) is 0 Å². The maximum atomic E-state index is 12.2. The van der Waals surface area contributed by atoms with E-state index in [9.17, 15) is 4.79 Å². The van der Waals surface area contributed by atoms with Gasteiger partial charge in [0.05, 0.1) is 11.7 Å². The molecule has 2 aliphatic heterocycles. The van der Waals surface area contributed by atoms with Crippen molar-refractivity contribution in [3.05, 3.63) is 30.1 Å². The van der Waals surface area contributed by atoms with Gasteiger partial charge in [-0.2, -0.15) is 0 Å². The van der Waals surface area contributed by atoms with Crippen LogP contribution in [-0.2, 0) is 11.3 Å². The van der Waals surface area contributed by atoms with Gasteiger partial charge in [-0.3, -0.25) is 20.0 Å². The van der Waals surface area contributed by atoms with Crippen LogP contribution in [0.15, 0.2) is 24.4 Å². The highest BCUT2D eigenvalue weighted by atomic mass is 32.2. The Balaban J connectivity index is 1.48. The van der Waals surface area contributed by atoms with E-state index in [0.29, 0.717) is 12.0 Å². The minimum Gasteiger partial charge on any atom is -0.352 e. The average Bonchev–Trinajstić information content (AvgIpc) is 3.05. The molecule has 2 N–H and O–H groups in total. The summed E-state index contributed by atoms with van der Waals surface area (Å²) >= 11 is 1.79. The van der Waals surface area contributed by atoms with Gasteiger partial charge in [-0.05, 0) is 24.5 Å². The van der Waals surface area contributed by atoms with E-state index in [0.717, 1.165) is 43.4 Å². The Kier molecular flexibility index (Phi) is 5.33. The number of hydrogen-bond acceptors (Lipinski definition) is 5. The highest BCUT2D eigenvalue weighted by Crippen LogP contribution is 2.19. The van der Waals surface area contributed by atoms with E-state index in [1.54, 1.807) is 11.8 Å². The molecule has 0 aliphatic carbocycles. The fourth-order valence-corrected chi connectivity index (χ4v) is 4.10. The molecular weight excluding hydrogens is 296 g/mol. The molecule has 2 aliphatic rings. The van der Waals surface area contributed by atoms with Crippen molar-refractivity contribution in [2.75, 3.05) is 24.7 Å². The number of aromatic nitrogens is 1. The van der Waals surface area contributed by atoms with Crippen molar-refractivity contribution >= 4 is 17.7 Å². The molecule has 0 unspecified atom stereocenters. The summed E-state index contributed by atoms with van der Waals surface area (Å²) in [4.78, 5) is 19.0. The maximum absolute atomic E-state index is 12.2. The molecule has 5 nitrogen and oxygen atoms in total. The fourth-order valence-electron chi connectivity index (χ4n) is 3.16. The molecule has 2 saturated heterocycles. The van der Waals surface area contributed by atoms with Gasteiger partial charge in [-0.25, -0.2) is 0 Å². The second-order valence-corrected chi connectivity index (χ2v) is 7.24. The summed E-state index contributed by atoms with van der Waals surface area (Å²) in [5, 5.41) is 6.47. The average molecular weight is 320 g/mol. The van der Waals surface area contributed by atoms with Crippen LogP contribution in [0.5, 0.6) is 0 Å². The number of carbonyl (C=O) groups excluding carboxylic acids is 1. The number of amides is 1. The van der Waals surface area contributed by atoms with Crippen molar-refractivity contribution in [2.45, 2.75) is 32.0 Å². The first-order valence-corrected chi connectivity index (χ1v) is 9.11. The largest absolute Gasteiger partial charge is 0.352 e. The van der Waals surface area contributed by atoms with Crippen LogP contribution < -0.4 is 10.6 Å². The second-order valence-electron chi connectivity index (χ2n) is 6.21. The van der Waals surface area contributed by atoms with Gasteiger partial charge in [-0.1, -0.05) is 13.0 Å². The Morgan fingerprint density at radius 3 is 3.14 bits per heavy atom. The molecule has 1 aromatic heterocycles. The second kappa shape index (κ2) is 7.44. The van der Waals surface area contributed by atoms with E-state index in [1.807, 2.05) is 18.3 Å². The zero-order chi connectivity index (χ0) is 15.4. The molecule has 2 fully saturated rings. The van der Waals surface area contributed by atoms with Gasteiger partial charge in [0.1, 0.15) is 0 Å². The van der Waals surface area contributed by atoms with E-state index in [1.165, 1.54) is 0 Å². The van der Waals surface area contributed by atoms with Crippen molar-refractivity contribution in [3.63, 3.8) is 0 Å². The molecule has 3 heterocycles. The third-order valence-electron chi connectivity index (χ3n) is 4.46. The number of piperidine rings is 1. The summed E-state index contributed by atoms with van der Waals surface area (Å²) in [6.07, 6.45) is 2.86. The quantitative estimate of drug-likeness (QED) is 0.869. The number of hydrogen-bond donors (Lipinski definition) is 2. The SMILES string of the molecule is C[C@H]1CN(Cc2ccccn2)CC[C@H]1NC(=O)[C@H]1CSCN1. The van der Waals surface area contributed by atoms with E-state index in [-0.39, 0.29) is 11.9 Å². The molecular formula is C16H24N4OS. The number of likely N-dealkylation sites (tertiary alicyclic amines) is 1. The number of nitrogens with zero attached hydrogens (tertiary/aromatic N) is 2. The third-order valence-corrected chi connectivity index (χ3v) is 5.40. The van der Waals surface area contributed by atoms with Gasteiger partial charge >= 0.3 is 0 Å². The van der Waals surface area contributed by atoms with Gasteiger partial charge in [0.25, 0.3) is 0 Å². The lowest BCUT2D eigenvalue weighted by Gasteiger charge is -2.37. The standard InChI is InChI=1S/C16H24N4OS/c1-12-8-20(9-13-4-2-3-6-17-13)7-5-14(12)19-16(21)15-10-22-11-18-15/h2-4,6,12,14-15,18H,5,7-11H2,1H3,(H,19,21)/t12-,14+,15+/m0/s1. The normalized spacial score (nSPS) is 29.4. The van der Waals surface area contributed by atoms with Gasteiger partial charge in [0.15, 0.2) is 0 Å². The number of carbonyl (C=O) groups is 1. The molecule has 120 valence electrons. The topological polar surface area (TPSA) is 57.3 Å². The Hall–Kier alpha value is -1.11. The lowest BCUT2D eigenvalue weighted by Crippen LogP contribution is -2.53. The summed E-state index contributed by atoms with van der Waals surface area (Å²) in [7, 11) is 0. The molecule has 0 spiro atoms. The zero-order valence-corrected chi connectivity index (χ0v) is 13.8. The summed E-state index contributed by atoms with van der Waals surface area (Å²) < 4.78 is 0. The highest BCUT2D eigenvalue weighted by Gasteiger charge is 2.30. The molecule has 3 atom stereocenters. The third kappa shape index (κ3) is 4.00. The molecule has 1 aromatic rings. The first kappa shape index (κ1) is 15.8. The van der Waals surface area contributed by atoms with Gasteiger partial charge < -0.3 is 5.32 Å². The predicted octanol–water partition coefficient (Wildman–Crippen LogP) is 1.07. The fraction of sp³-hybridized carbons (Fsp3) is 0.625. The number of pyridine rings is 1. The molecule has 22 heavy (non-hydrogen) atoms. The van der Waals surface area contributed by atoms with Crippen molar-refractivity contribution in [1.82, 2.24) is 20.5 Å². The molecule has 6 heteroatoms. The molecule has 0 radical (unpaired) electrons. The summed E-state index contributed by atoms with van der Waals surface area (Å²) in [5.41, 5.74) is 1.12. The Morgan fingerprint density at radius 2 is 2.45 bits per heavy atom. The van der Waals surface area contributed by atoms with Crippen LogP contribution in [0.1, 0.15) is 19.0 Å². The van der Waals surface area contributed by atoms with Crippen LogP contribution in [0.2, 0.25) is 0 Å². The zero-order valence-electron chi connectivity index (χ0n) is 13.0. The monoisotopic (exact) mass is 320 g/mol. The van der Waals surface area contributed by atoms with Crippen molar-refractivity contribution in [2.24, 2.45) is 5.92 Å². The van der Waals surface area contributed by atoms with E-state index in [2.05, 4.69) is 33.5 Å². The number of nitrogens with one attached hydrogen (secondary N) is 2. The number of rotatable bonds is 4. The van der Waals surface area contributed by atoms with E-state index < -0.39 is 0 Å². The van der Waals surface area contributed by atoms with Crippen molar-refractivity contribution < 1.29 is 4.79 Å². The summed E-state index contributed by atoms with van der Waals surface area (Å²) in [6.45, 7) is 5.14. The molecule has 0 aromatic carbocycles. The smallest absolute Gasteiger partial charge is 0.238 e. The molecule has 1 amide bonds. The van der Waals surface area contributed by atoms with Crippen molar-refractivity contribution in [1.29, 1.82) is 0 Å². The molecule has 3 rings (SSSR count). The minimum absolute atomic E-state index is 0.0104. The van der Waals surface area contributed by atoms with Crippen LogP contribution in [0.4, 0.5) is 0 Å². The van der Waals surface area contributed by atoms with Crippen LogP contribution in [0.3, 0.4) is 0 Å². The maximum Gasteiger partial charge on any atom is 0.238 e. The lowest BCUT2D eigenvalue weighted by atomic mass is 9.93. The Morgan fingerprint density at radius 1 is 1.55 bits per heavy atom. The minimum atomic E-state index is -0.0104. The summed E-state index contributed by atoms with van der Waals surface area (Å²) in [6, 6.07) is 6.33. The van der Waals surface area contributed by atoms with Gasteiger partial charge in [-0.15, -0.1) is 11.8 Å². The number of thioether (sulfide) groups is 1. The Bertz CT molecular complexity index is 492. The van der Waals surface area contributed by atoms with Crippen LogP contribution in [-0.4, -0.2) is 52.6 Å². The Labute approximate surface area is 136 Å². The molecule has 0 bridgehead atoms. The summed E-state index contributed by atoms with van der Waals surface area (Å²) in [5.74, 6) is 2.41. The predicted molar refractivity (Wildman–Crippen MR) is 89.5 cm³/mol. The van der Waals surface area contributed by atoms with Crippen LogP contribution in [0.25, 0.3) is 0 Å². The first-order chi connectivity index (χ1) is 10.7. The first-order valence-electron chi connectivity index (χ1n) is 7.96. The highest BCUT2D eigenvalue weighted by molar-refractivity contribution is 7.99. The lowest BCUT2D eigenvalue weighted by molar-refractivity contribution is -0.123.